The van der Waals surface area contributed by atoms with E-state index in [2.05, 4.69) is 0 Å². The van der Waals surface area contributed by atoms with Gasteiger partial charge in [0, 0.05) is 17.2 Å². The summed E-state index contributed by atoms with van der Waals surface area (Å²) < 4.78 is 128. The topological polar surface area (TPSA) is 17.1 Å². The van der Waals surface area contributed by atoms with Crippen molar-refractivity contribution in [1.82, 2.24) is 0 Å². The third-order valence-corrected chi connectivity index (χ3v) is 4.66. The highest BCUT2D eigenvalue weighted by Crippen LogP contribution is 2.29. The van der Waals surface area contributed by atoms with Gasteiger partial charge >= 0.3 is 12.2 Å². The minimum absolute atomic E-state index is 0.218. The smallest absolute Gasteiger partial charge is 0.255 e. The average Bonchev–Trinajstić information content (AvgIpc) is 2.78. The highest BCUT2D eigenvalue weighted by Gasteiger charge is 2.23. The molecule has 3 rings (SSSR count). The average molecular weight is 522 g/mol. The van der Waals surface area contributed by atoms with Crippen molar-refractivity contribution < 1.29 is 48.7 Å². The maximum atomic E-state index is 13.8. The molecule has 0 aliphatic heterocycles. The van der Waals surface area contributed by atoms with Crippen LogP contribution in [0.5, 0.6) is 0 Å². The van der Waals surface area contributed by atoms with Crippen LogP contribution in [0.2, 0.25) is 0 Å². The Balaban J connectivity index is 0.000000319. The summed E-state index contributed by atoms with van der Waals surface area (Å²) in [5.74, 6) is -7.35. The van der Waals surface area contributed by atoms with Crippen LogP contribution in [0, 0.1) is 34.9 Å². The van der Waals surface area contributed by atoms with Crippen LogP contribution in [0.1, 0.15) is 34.8 Å². The Labute approximate surface area is 198 Å². The molecule has 36 heavy (non-hydrogen) atoms. The lowest BCUT2D eigenvalue weighted by Gasteiger charge is -2.08. The van der Waals surface area contributed by atoms with Gasteiger partial charge in [-0.2, -0.15) is 17.6 Å². The van der Waals surface area contributed by atoms with Gasteiger partial charge in [-0.15, -0.1) is 0 Å². The highest BCUT2D eigenvalue weighted by atomic mass is 19.4. The van der Waals surface area contributed by atoms with E-state index in [1.807, 2.05) is 6.92 Å². The summed E-state index contributed by atoms with van der Waals surface area (Å²) in [6, 6.07) is 4.00. The molecule has 0 N–H and O–H groups in total. The number of alkyl halides is 3. The molecule has 0 bridgehead atoms. The summed E-state index contributed by atoms with van der Waals surface area (Å²) in [4.78, 5) is 10.5. The molecule has 0 aromatic heterocycles. The molecule has 3 aromatic carbocycles. The Morgan fingerprint density at radius 1 is 0.806 bits per heavy atom. The summed E-state index contributed by atoms with van der Waals surface area (Å²) in [5, 5.41) is 0. The fourth-order valence-electron chi connectivity index (χ4n) is 2.98. The first kappa shape index (κ1) is 28.6. The van der Waals surface area contributed by atoms with E-state index in [9.17, 15) is 48.7 Å². The largest absolute Gasteiger partial charge is 0.409 e. The van der Waals surface area contributed by atoms with E-state index in [0.717, 1.165) is 18.2 Å². The van der Waals surface area contributed by atoms with E-state index in [1.54, 1.807) is 0 Å². The second-order valence-corrected chi connectivity index (χ2v) is 7.28. The van der Waals surface area contributed by atoms with Gasteiger partial charge in [0.25, 0.3) is 0 Å². The summed E-state index contributed by atoms with van der Waals surface area (Å²) in [5.41, 5.74) is -1.95. The van der Waals surface area contributed by atoms with Crippen LogP contribution in [0.4, 0.5) is 43.9 Å². The Morgan fingerprint density at radius 2 is 1.42 bits per heavy atom. The highest BCUT2D eigenvalue weighted by molar-refractivity contribution is 5.89. The van der Waals surface area contributed by atoms with Crippen molar-refractivity contribution in [3.8, 4) is 11.1 Å². The molecule has 0 atom stereocenters. The lowest BCUT2D eigenvalue weighted by atomic mass is 10.0. The van der Waals surface area contributed by atoms with Gasteiger partial charge in [0.2, 0.25) is 0 Å². The molecular formula is C25H16F10O. The number of hydrogen-bond acceptors (Lipinski definition) is 1. The third kappa shape index (κ3) is 7.43. The molecule has 0 spiro atoms. The van der Waals surface area contributed by atoms with Crippen molar-refractivity contribution in [3.05, 3.63) is 100 Å². The number of halogens is 10. The first-order chi connectivity index (χ1) is 16.7. The molecule has 0 radical (unpaired) electrons. The number of aryl methyl sites for hydroxylation is 1. The zero-order valence-electron chi connectivity index (χ0n) is 18.3. The lowest BCUT2D eigenvalue weighted by Crippen LogP contribution is -2.01. The normalized spacial score (nSPS) is 11.4. The molecular weight excluding hydrogens is 506 g/mol. The van der Waals surface area contributed by atoms with Crippen molar-refractivity contribution in [2.24, 2.45) is 0 Å². The van der Waals surface area contributed by atoms with Crippen molar-refractivity contribution >= 4 is 12.1 Å². The van der Waals surface area contributed by atoms with Crippen LogP contribution in [-0.4, -0.2) is 12.2 Å². The van der Waals surface area contributed by atoms with Crippen LogP contribution in [-0.2, 0) is 6.42 Å². The Kier molecular flexibility index (Phi) is 9.43. The fraction of sp³-hybridized carbons (Fsp3) is 0.160. The lowest BCUT2D eigenvalue weighted by molar-refractivity contribution is -0.0790. The van der Waals surface area contributed by atoms with Crippen LogP contribution in [0.15, 0.2) is 48.5 Å². The number of allylic oxidation sites excluding steroid dienone is 1. The molecule has 0 saturated heterocycles. The van der Waals surface area contributed by atoms with E-state index >= 15 is 0 Å². The molecule has 0 saturated carbocycles. The van der Waals surface area contributed by atoms with Crippen molar-refractivity contribution in [3.63, 3.8) is 0 Å². The van der Waals surface area contributed by atoms with Crippen molar-refractivity contribution in [2.45, 2.75) is 25.9 Å². The summed E-state index contributed by atoms with van der Waals surface area (Å²) in [7, 11) is 0. The molecule has 0 aliphatic rings. The quantitative estimate of drug-likeness (QED) is 0.187. The molecule has 1 nitrogen and oxygen atoms in total. The first-order valence-corrected chi connectivity index (χ1v) is 10.1. The van der Waals surface area contributed by atoms with Crippen LogP contribution < -0.4 is 0 Å². The van der Waals surface area contributed by atoms with E-state index in [4.69, 9.17) is 0 Å². The minimum atomic E-state index is -4.75. The van der Waals surface area contributed by atoms with Gasteiger partial charge in [-0.25, -0.2) is 26.3 Å². The van der Waals surface area contributed by atoms with Crippen LogP contribution >= 0.6 is 0 Å². The van der Waals surface area contributed by atoms with Crippen LogP contribution in [0.3, 0.4) is 0 Å². The van der Waals surface area contributed by atoms with E-state index in [0.29, 0.717) is 31.0 Å². The monoisotopic (exact) mass is 522 g/mol. The fourth-order valence-corrected chi connectivity index (χ4v) is 2.98. The van der Waals surface area contributed by atoms with Gasteiger partial charge in [-0.3, -0.25) is 4.79 Å². The van der Waals surface area contributed by atoms with Crippen LogP contribution in [0.25, 0.3) is 17.2 Å². The predicted molar refractivity (Wildman–Crippen MR) is 113 cm³/mol. The molecule has 0 fully saturated rings. The maximum Gasteiger partial charge on any atom is 0.409 e. The molecule has 0 heterocycles. The molecule has 3 aromatic rings. The van der Waals surface area contributed by atoms with Gasteiger partial charge in [0.1, 0.15) is 17.5 Å². The van der Waals surface area contributed by atoms with Gasteiger partial charge in [-0.1, -0.05) is 25.5 Å². The minimum Gasteiger partial charge on any atom is -0.255 e. The number of rotatable bonds is 5. The molecule has 11 heteroatoms. The second-order valence-electron chi connectivity index (χ2n) is 7.28. The number of benzene rings is 3. The predicted octanol–water partition coefficient (Wildman–Crippen LogP) is 8.51. The van der Waals surface area contributed by atoms with E-state index in [-0.39, 0.29) is 28.8 Å². The molecule has 0 unspecified atom stereocenters. The zero-order chi connectivity index (χ0) is 27.2. The Hall–Kier alpha value is -3.63. The summed E-state index contributed by atoms with van der Waals surface area (Å²) >= 11 is 0. The van der Waals surface area contributed by atoms with E-state index < -0.39 is 58.2 Å². The van der Waals surface area contributed by atoms with E-state index in [1.165, 1.54) is 6.07 Å². The Morgan fingerprint density at radius 3 is 1.92 bits per heavy atom. The first-order valence-electron chi connectivity index (χ1n) is 10.1. The number of carbonyl (C=O) groups excluding carboxylic acids is 1. The summed E-state index contributed by atoms with van der Waals surface area (Å²) in [6.45, 7) is 1.85. The van der Waals surface area contributed by atoms with Gasteiger partial charge in [0.15, 0.2) is 17.5 Å². The number of carbonyl (C=O) groups is 1. The molecule has 192 valence electrons. The second kappa shape index (κ2) is 11.9. The zero-order valence-corrected chi connectivity index (χ0v) is 18.3. The molecule has 0 amide bonds. The van der Waals surface area contributed by atoms with Gasteiger partial charge < -0.3 is 0 Å². The number of hydrogen-bond donors (Lipinski definition) is 0. The third-order valence-electron chi connectivity index (χ3n) is 4.66. The molecule has 0 aliphatic carbocycles. The van der Waals surface area contributed by atoms with Gasteiger partial charge in [0.05, 0.1) is 5.56 Å². The SMILES string of the molecule is CCCc1ccc(F)c(F)c1F.O=C(F)c1ccc(-c2cc(F)c(/C=C/C(F)(F)F)c(F)c2)c(F)c1. The Bertz CT molecular complexity index is 1260. The van der Waals surface area contributed by atoms with Crippen molar-refractivity contribution in [2.75, 3.05) is 0 Å². The van der Waals surface area contributed by atoms with Crippen molar-refractivity contribution in [1.29, 1.82) is 0 Å². The van der Waals surface area contributed by atoms with Gasteiger partial charge in [-0.05, 0) is 54.0 Å². The standard InChI is InChI=1S/C16H7F7O.C9H9F3/c17-12-5-8(15(20)24)1-2-10(12)9-6-13(18)11(14(19)7-9)3-4-16(21,22)23;1-2-3-6-4-5-7(10)9(12)8(6)11/h1-7H;4-5H,2-3H2,1H3/b4-3+;. The maximum absolute atomic E-state index is 13.8. The summed E-state index contributed by atoms with van der Waals surface area (Å²) in [6.07, 6.45) is -3.73.